The van der Waals surface area contributed by atoms with Gasteiger partial charge in [-0.15, -0.1) is 0 Å². The van der Waals surface area contributed by atoms with Crippen molar-refractivity contribution in [2.45, 2.75) is 53.2 Å². The quantitative estimate of drug-likeness (QED) is 0.669. The smallest absolute Gasteiger partial charge is 0.408 e. The molecule has 0 aliphatic rings. The van der Waals surface area contributed by atoms with Crippen LogP contribution in [0.2, 0.25) is 0 Å². The lowest BCUT2D eigenvalue weighted by Gasteiger charge is -2.21. The SMILES string of the molecule is CCCC.COC(=O)CNC(=O)C(NC(=O)OCc1ccccc1)C(C)C.[HH].[HH]. The van der Waals surface area contributed by atoms with Crippen LogP contribution in [0.3, 0.4) is 0 Å². The Bertz CT molecular complexity index is 569. The van der Waals surface area contributed by atoms with Crippen molar-refractivity contribution in [2.75, 3.05) is 13.7 Å². The van der Waals surface area contributed by atoms with Gasteiger partial charge < -0.3 is 20.1 Å². The van der Waals surface area contributed by atoms with Crippen molar-refractivity contribution in [3.05, 3.63) is 35.9 Å². The molecule has 0 saturated carbocycles. The third kappa shape index (κ3) is 11.6. The van der Waals surface area contributed by atoms with E-state index in [0.717, 1.165) is 5.56 Å². The molecule has 0 aliphatic carbocycles. The second kappa shape index (κ2) is 14.6. The molecule has 0 saturated heterocycles. The molecule has 0 aliphatic heterocycles. The molecular weight excluding hydrogens is 348 g/mol. The van der Waals surface area contributed by atoms with Gasteiger partial charge in [0.25, 0.3) is 0 Å². The number of nitrogens with one attached hydrogen (secondary N) is 2. The molecule has 27 heavy (non-hydrogen) atoms. The monoisotopic (exact) mass is 384 g/mol. The van der Waals surface area contributed by atoms with Crippen molar-refractivity contribution in [1.82, 2.24) is 10.6 Å². The van der Waals surface area contributed by atoms with E-state index in [0.29, 0.717) is 0 Å². The Balaban J connectivity index is -0.00000103. The van der Waals surface area contributed by atoms with Crippen LogP contribution in [0.25, 0.3) is 0 Å². The minimum absolute atomic E-state index is 0. The Hall–Kier alpha value is -2.57. The lowest BCUT2D eigenvalue weighted by Crippen LogP contribution is -2.50. The summed E-state index contributed by atoms with van der Waals surface area (Å²) in [6.45, 7) is 7.78. The number of carbonyl (C=O) groups is 3. The number of benzene rings is 1. The summed E-state index contributed by atoms with van der Waals surface area (Å²) in [7, 11) is 1.23. The standard InChI is InChI=1S/C16H22N2O5.C4H10.2H2/c1-11(2)14(15(20)17-9-13(19)22-3)18-16(21)23-10-12-7-5-4-6-8-12;1-3-4-2;;/h4-8,11,14H,9-10H2,1-3H3,(H,17,20)(H,18,21);3-4H2,1-2H3;2*1H. The third-order valence-corrected chi connectivity index (χ3v) is 3.57. The molecule has 7 heteroatoms. The third-order valence-electron chi connectivity index (χ3n) is 3.57. The number of hydrogen-bond donors (Lipinski definition) is 2. The highest BCUT2D eigenvalue weighted by atomic mass is 16.5. The van der Waals surface area contributed by atoms with Crippen LogP contribution >= 0.6 is 0 Å². The molecule has 1 atom stereocenters. The van der Waals surface area contributed by atoms with Gasteiger partial charge in [-0.05, 0) is 11.5 Å². The first-order valence-corrected chi connectivity index (χ1v) is 9.17. The van der Waals surface area contributed by atoms with E-state index < -0.39 is 24.0 Å². The zero-order valence-corrected chi connectivity index (χ0v) is 16.9. The van der Waals surface area contributed by atoms with E-state index in [1.54, 1.807) is 13.8 Å². The summed E-state index contributed by atoms with van der Waals surface area (Å²) in [6, 6.07) is 8.40. The first-order valence-electron chi connectivity index (χ1n) is 9.17. The first-order chi connectivity index (χ1) is 12.8. The fraction of sp³-hybridized carbons (Fsp3) is 0.550. The van der Waals surface area contributed by atoms with Gasteiger partial charge in [-0.2, -0.15) is 0 Å². The highest BCUT2D eigenvalue weighted by molar-refractivity contribution is 5.88. The van der Waals surface area contributed by atoms with E-state index in [1.165, 1.54) is 20.0 Å². The van der Waals surface area contributed by atoms with Gasteiger partial charge >= 0.3 is 12.1 Å². The second-order valence-electron chi connectivity index (χ2n) is 6.22. The number of esters is 1. The molecule has 0 heterocycles. The van der Waals surface area contributed by atoms with E-state index in [9.17, 15) is 14.4 Å². The van der Waals surface area contributed by atoms with E-state index >= 15 is 0 Å². The Morgan fingerprint density at radius 2 is 1.67 bits per heavy atom. The lowest BCUT2D eigenvalue weighted by molar-refractivity contribution is -0.141. The largest absolute Gasteiger partial charge is 0.468 e. The number of ether oxygens (including phenoxy) is 2. The minimum atomic E-state index is -0.803. The fourth-order valence-electron chi connectivity index (χ4n) is 1.77. The molecule has 0 aromatic heterocycles. The van der Waals surface area contributed by atoms with Crippen molar-refractivity contribution >= 4 is 18.0 Å². The van der Waals surface area contributed by atoms with Crippen LogP contribution < -0.4 is 10.6 Å². The number of hydrogen-bond acceptors (Lipinski definition) is 5. The highest BCUT2D eigenvalue weighted by Crippen LogP contribution is 2.04. The van der Waals surface area contributed by atoms with Gasteiger partial charge in [0.2, 0.25) is 5.91 Å². The number of amides is 2. The summed E-state index contributed by atoms with van der Waals surface area (Å²) < 4.78 is 9.53. The van der Waals surface area contributed by atoms with Crippen LogP contribution in [0.1, 0.15) is 49.0 Å². The lowest BCUT2D eigenvalue weighted by atomic mass is 10.0. The summed E-state index contributed by atoms with van der Waals surface area (Å²) in [5.41, 5.74) is 0.846. The number of unbranched alkanes of at least 4 members (excludes halogenated alkanes) is 1. The Morgan fingerprint density at radius 1 is 1.07 bits per heavy atom. The molecule has 1 aromatic rings. The van der Waals surface area contributed by atoms with E-state index in [4.69, 9.17) is 4.74 Å². The Morgan fingerprint density at radius 3 is 2.15 bits per heavy atom. The van der Waals surface area contributed by atoms with Gasteiger partial charge in [-0.25, -0.2) is 4.79 Å². The molecular formula is C20H36N2O5. The van der Waals surface area contributed by atoms with E-state index in [2.05, 4.69) is 29.2 Å². The molecule has 0 fully saturated rings. The minimum Gasteiger partial charge on any atom is -0.468 e. The summed E-state index contributed by atoms with van der Waals surface area (Å²) in [5, 5.41) is 4.91. The van der Waals surface area contributed by atoms with Gasteiger partial charge in [-0.3, -0.25) is 9.59 Å². The maximum Gasteiger partial charge on any atom is 0.408 e. The van der Waals surface area contributed by atoms with Crippen molar-refractivity contribution in [3.8, 4) is 0 Å². The summed E-state index contributed by atoms with van der Waals surface area (Å²) >= 11 is 0. The highest BCUT2D eigenvalue weighted by Gasteiger charge is 2.25. The predicted octanol–water partition coefficient (Wildman–Crippen LogP) is 3.53. The van der Waals surface area contributed by atoms with E-state index in [-0.39, 0.29) is 21.9 Å². The molecule has 0 radical (unpaired) electrons. The van der Waals surface area contributed by atoms with Gasteiger partial charge in [0.15, 0.2) is 0 Å². The van der Waals surface area contributed by atoms with Crippen LogP contribution in [0.15, 0.2) is 30.3 Å². The molecule has 2 amide bonds. The Labute approximate surface area is 164 Å². The Kier molecular flexibility index (Phi) is 13.2. The van der Waals surface area contributed by atoms with E-state index in [1.807, 2.05) is 30.3 Å². The number of alkyl carbamates (subject to hydrolysis) is 1. The van der Waals surface area contributed by atoms with Crippen LogP contribution in [-0.4, -0.2) is 37.7 Å². The maximum atomic E-state index is 12.0. The maximum absolute atomic E-state index is 12.0. The topological polar surface area (TPSA) is 93.7 Å². The number of carbonyl (C=O) groups excluding carboxylic acids is 3. The molecule has 1 aromatic carbocycles. The normalized spacial score (nSPS) is 10.9. The summed E-state index contributed by atoms with van der Waals surface area (Å²) in [5.74, 6) is -1.20. The molecule has 1 unspecified atom stereocenters. The number of rotatable bonds is 8. The van der Waals surface area contributed by atoms with Gasteiger partial charge in [0, 0.05) is 2.85 Å². The summed E-state index contributed by atoms with van der Waals surface area (Å²) in [4.78, 5) is 34.9. The van der Waals surface area contributed by atoms with Crippen LogP contribution in [-0.2, 0) is 25.7 Å². The van der Waals surface area contributed by atoms with Gasteiger partial charge in [0.1, 0.15) is 19.2 Å². The summed E-state index contributed by atoms with van der Waals surface area (Å²) in [6.07, 6.45) is 1.95. The van der Waals surface area contributed by atoms with Crippen LogP contribution in [0.5, 0.6) is 0 Å². The molecule has 0 spiro atoms. The van der Waals surface area contributed by atoms with Crippen LogP contribution in [0, 0.1) is 5.92 Å². The first kappa shape index (κ1) is 24.4. The van der Waals surface area contributed by atoms with Gasteiger partial charge in [0.05, 0.1) is 7.11 Å². The predicted molar refractivity (Wildman–Crippen MR) is 108 cm³/mol. The molecule has 2 N–H and O–H groups in total. The molecule has 0 bridgehead atoms. The van der Waals surface area contributed by atoms with Crippen LogP contribution in [0.4, 0.5) is 4.79 Å². The van der Waals surface area contributed by atoms with Gasteiger partial charge in [-0.1, -0.05) is 70.9 Å². The molecule has 7 nitrogen and oxygen atoms in total. The average molecular weight is 385 g/mol. The zero-order chi connectivity index (χ0) is 20.7. The fourth-order valence-corrected chi connectivity index (χ4v) is 1.77. The van der Waals surface area contributed by atoms with Crippen molar-refractivity contribution < 1.29 is 26.7 Å². The molecule has 156 valence electrons. The van der Waals surface area contributed by atoms with Crippen molar-refractivity contribution in [1.29, 1.82) is 0 Å². The average Bonchev–Trinajstić information content (AvgIpc) is 2.69. The second-order valence-corrected chi connectivity index (χ2v) is 6.22. The number of methoxy groups -OCH3 is 1. The molecule has 1 rings (SSSR count). The zero-order valence-electron chi connectivity index (χ0n) is 16.9. The van der Waals surface area contributed by atoms with Crippen molar-refractivity contribution in [2.24, 2.45) is 5.92 Å². The van der Waals surface area contributed by atoms with Crippen molar-refractivity contribution in [3.63, 3.8) is 0 Å².